The van der Waals surface area contributed by atoms with E-state index >= 15 is 0 Å². The predicted octanol–water partition coefficient (Wildman–Crippen LogP) is 3.46. The average Bonchev–Trinajstić information content (AvgIpc) is 2.37. The Labute approximate surface area is 139 Å². The van der Waals surface area contributed by atoms with Gasteiger partial charge in [0, 0.05) is 38.2 Å². The summed E-state index contributed by atoms with van der Waals surface area (Å²) < 4.78 is 12.2. The summed E-state index contributed by atoms with van der Waals surface area (Å²) in [4.78, 5) is 17.9. The first kappa shape index (κ1) is 16.3. The summed E-state index contributed by atoms with van der Waals surface area (Å²) in [6, 6.07) is 3.78. The number of nitrogens with zero attached hydrogens (tertiary/aromatic N) is 2. The number of amides is 1. The van der Waals surface area contributed by atoms with Gasteiger partial charge in [0.2, 0.25) is 0 Å². The number of likely N-dealkylation sites (tertiary alicyclic amines) is 1. The van der Waals surface area contributed by atoms with Gasteiger partial charge in [-0.25, -0.2) is 4.79 Å². The molecule has 0 bridgehead atoms. The lowest BCUT2D eigenvalue weighted by molar-refractivity contribution is 0.0126. The Morgan fingerprint density at radius 2 is 2.05 bits per heavy atom. The van der Waals surface area contributed by atoms with E-state index in [1.54, 1.807) is 11.1 Å². The highest BCUT2D eigenvalue weighted by atomic mass is 127. The van der Waals surface area contributed by atoms with Crippen LogP contribution in [0, 0.1) is 3.70 Å². The first-order valence-electron chi connectivity index (χ1n) is 7.09. The van der Waals surface area contributed by atoms with Crippen molar-refractivity contribution in [2.75, 3.05) is 13.1 Å². The van der Waals surface area contributed by atoms with Crippen molar-refractivity contribution in [1.29, 1.82) is 0 Å². The second-order valence-corrected chi connectivity index (χ2v) is 7.20. The zero-order valence-corrected chi connectivity index (χ0v) is 14.8. The normalized spacial score (nSPS) is 16.7. The standard InChI is InChI=1S/C15H21IN2O3/c1-15(2,3)21-14(19)18-8-5-11(6-9-18)20-12-4-7-17-13(16)10-12/h4,7,10-11H,5-6,8-9H2,1-3H3. The van der Waals surface area contributed by atoms with Crippen LogP contribution in [-0.2, 0) is 4.74 Å². The highest BCUT2D eigenvalue weighted by Gasteiger charge is 2.27. The van der Waals surface area contributed by atoms with Gasteiger partial charge in [-0.1, -0.05) is 0 Å². The summed E-state index contributed by atoms with van der Waals surface area (Å²) in [7, 11) is 0. The van der Waals surface area contributed by atoms with Gasteiger partial charge in [-0.15, -0.1) is 0 Å². The minimum atomic E-state index is -0.446. The second kappa shape index (κ2) is 6.81. The molecule has 0 atom stereocenters. The van der Waals surface area contributed by atoms with Gasteiger partial charge in [0.1, 0.15) is 21.2 Å². The third kappa shape index (κ3) is 5.33. The van der Waals surface area contributed by atoms with Crippen molar-refractivity contribution in [3.63, 3.8) is 0 Å². The largest absolute Gasteiger partial charge is 0.490 e. The molecule has 0 unspecified atom stereocenters. The number of hydrogen-bond acceptors (Lipinski definition) is 4. The molecule has 1 amide bonds. The fraction of sp³-hybridized carbons (Fsp3) is 0.600. The molecule has 5 nitrogen and oxygen atoms in total. The summed E-state index contributed by atoms with van der Waals surface area (Å²) >= 11 is 2.16. The Hall–Kier alpha value is -1.05. The van der Waals surface area contributed by atoms with Crippen LogP contribution < -0.4 is 4.74 Å². The van der Waals surface area contributed by atoms with E-state index in [0.717, 1.165) is 22.3 Å². The van der Waals surface area contributed by atoms with E-state index < -0.39 is 5.60 Å². The van der Waals surface area contributed by atoms with Crippen molar-refractivity contribution < 1.29 is 14.3 Å². The lowest BCUT2D eigenvalue weighted by Crippen LogP contribution is -2.44. The maximum Gasteiger partial charge on any atom is 0.410 e. The molecule has 116 valence electrons. The van der Waals surface area contributed by atoms with Crippen molar-refractivity contribution in [3.05, 3.63) is 22.0 Å². The van der Waals surface area contributed by atoms with Crippen molar-refractivity contribution in [3.8, 4) is 5.75 Å². The van der Waals surface area contributed by atoms with E-state index in [4.69, 9.17) is 9.47 Å². The number of carbonyl (C=O) groups excluding carboxylic acids is 1. The molecule has 0 N–H and O–H groups in total. The van der Waals surface area contributed by atoms with Gasteiger partial charge in [0.15, 0.2) is 0 Å². The summed E-state index contributed by atoms with van der Waals surface area (Å²) in [5.74, 6) is 0.838. The fourth-order valence-electron chi connectivity index (χ4n) is 2.13. The third-order valence-corrected chi connectivity index (χ3v) is 3.68. The summed E-state index contributed by atoms with van der Waals surface area (Å²) in [6.07, 6.45) is 3.28. The fourth-order valence-corrected chi connectivity index (χ4v) is 2.60. The molecule has 0 aromatic carbocycles. The average molecular weight is 404 g/mol. The maximum atomic E-state index is 12.0. The zero-order chi connectivity index (χ0) is 15.5. The summed E-state index contributed by atoms with van der Waals surface area (Å²) in [5, 5.41) is 0. The van der Waals surface area contributed by atoms with Crippen molar-refractivity contribution in [1.82, 2.24) is 9.88 Å². The highest BCUT2D eigenvalue weighted by Crippen LogP contribution is 2.21. The van der Waals surface area contributed by atoms with Crippen LogP contribution in [0.2, 0.25) is 0 Å². The Kier molecular flexibility index (Phi) is 5.29. The molecule has 1 fully saturated rings. The molecule has 0 radical (unpaired) electrons. The SMILES string of the molecule is CC(C)(C)OC(=O)N1CCC(Oc2ccnc(I)c2)CC1. The van der Waals surface area contributed by atoms with E-state index in [1.807, 2.05) is 32.9 Å². The molecule has 1 saturated heterocycles. The first-order valence-corrected chi connectivity index (χ1v) is 8.17. The molecule has 1 aliphatic rings. The van der Waals surface area contributed by atoms with Crippen molar-refractivity contribution in [2.24, 2.45) is 0 Å². The molecule has 0 spiro atoms. The van der Waals surface area contributed by atoms with Crippen LogP contribution in [0.15, 0.2) is 18.3 Å². The van der Waals surface area contributed by atoms with Crippen LogP contribution in [0.25, 0.3) is 0 Å². The molecular weight excluding hydrogens is 383 g/mol. The van der Waals surface area contributed by atoms with Gasteiger partial charge in [0.25, 0.3) is 0 Å². The van der Waals surface area contributed by atoms with Crippen molar-refractivity contribution >= 4 is 28.7 Å². The number of ether oxygens (including phenoxy) is 2. The van der Waals surface area contributed by atoms with Gasteiger partial charge < -0.3 is 14.4 Å². The summed E-state index contributed by atoms with van der Waals surface area (Å²) in [6.45, 7) is 6.98. The number of halogens is 1. The quantitative estimate of drug-likeness (QED) is 0.560. The second-order valence-electron chi connectivity index (χ2n) is 6.10. The molecule has 1 aromatic rings. The number of aromatic nitrogens is 1. The minimum Gasteiger partial charge on any atom is -0.490 e. The van der Waals surface area contributed by atoms with E-state index in [0.29, 0.717) is 13.1 Å². The Bertz CT molecular complexity index is 494. The van der Waals surface area contributed by atoms with Crippen LogP contribution >= 0.6 is 22.6 Å². The third-order valence-electron chi connectivity index (χ3n) is 3.09. The molecule has 6 heteroatoms. The molecule has 0 aliphatic carbocycles. The molecule has 1 aromatic heterocycles. The minimum absolute atomic E-state index is 0.141. The lowest BCUT2D eigenvalue weighted by Gasteiger charge is -2.33. The topological polar surface area (TPSA) is 51.7 Å². The van der Waals surface area contributed by atoms with Crippen LogP contribution in [0.1, 0.15) is 33.6 Å². The smallest absolute Gasteiger partial charge is 0.410 e. The number of hydrogen-bond donors (Lipinski definition) is 0. The van der Waals surface area contributed by atoms with Crippen LogP contribution in [0.4, 0.5) is 4.79 Å². The Morgan fingerprint density at radius 1 is 1.38 bits per heavy atom. The molecule has 2 rings (SSSR count). The van der Waals surface area contributed by atoms with Crippen LogP contribution in [-0.4, -0.2) is 40.8 Å². The van der Waals surface area contributed by atoms with E-state index in [9.17, 15) is 4.79 Å². The maximum absolute atomic E-state index is 12.0. The van der Waals surface area contributed by atoms with E-state index in [-0.39, 0.29) is 12.2 Å². The van der Waals surface area contributed by atoms with Gasteiger partial charge in [-0.3, -0.25) is 4.98 Å². The predicted molar refractivity (Wildman–Crippen MR) is 88.4 cm³/mol. The van der Waals surface area contributed by atoms with Crippen LogP contribution in [0.5, 0.6) is 5.75 Å². The number of pyridine rings is 1. The number of carbonyl (C=O) groups is 1. The Balaban J connectivity index is 1.82. The molecule has 21 heavy (non-hydrogen) atoms. The van der Waals surface area contributed by atoms with Gasteiger partial charge >= 0.3 is 6.09 Å². The molecule has 0 saturated carbocycles. The van der Waals surface area contributed by atoms with Gasteiger partial charge in [-0.05, 0) is 49.4 Å². The molecular formula is C15H21IN2O3. The van der Waals surface area contributed by atoms with E-state index in [1.165, 1.54) is 0 Å². The molecule has 1 aliphatic heterocycles. The Morgan fingerprint density at radius 3 is 2.62 bits per heavy atom. The van der Waals surface area contributed by atoms with Gasteiger partial charge in [0.05, 0.1) is 0 Å². The van der Waals surface area contributed by atoms with Crippen molar-refractivity contribution in [2.45, 2.75) is 45.3 Å². The lowest BCUT2D eigenvalue weighted by atomic mass is 10.1. The molecule has 2 heterocycles. The first-order chi connectivity index (χ1) is 9.83. The van der Waals surface area contributed by atoms with E-state index in [2.05, 4.69) is 27.6 Å². The number of rotatable bonds is 2. The summed E-state index contributed by atoms with van der Waals surface area (Å²) in [5.41, 5.74) is -0.446. The highest BCUT2D eigenvalue weighted by molar-refractivity contribution is 14.1. The zero-order valence-electron chi connectivity index (χ0n) is 12.6. The number of piperidine rings is 1. The monoisotopic (exact) mass is 404 g/mol. The van der Waals surface area contributed by atoms with Crippen LogP contribution in [0.3, 0.4) is 0 Å². The van der Waals surface area contributed by atoms with Gasteiger partial charge in [-0.2, -0.15) is 0 Å².